The molecule has 2 unspecified atom stereocenters. The third kappa shape index (κ3) is 6.00. The first-order valence-electron chi connectivity index (χ1n) is 11.8. The van der Waals surface area contributed by atoms with Crippen LogP contribution >= 0.6 is 0 Å². The molecule has 1 heterocycles. The predicted octanol–water partition coefficient (Wildman–Crippen LogP) is 2.29. The van der Waals surface area contributed by atoms with Gasteiger partial charge in [-0.3, -0.25) is 15.0 Å². The minimum absolute atomic E-state index is 0.0128. The number of ether oxygens (including phenoxy) is 1. The average Bonchev–Trinajstić information content (AvgIpc) is 2.82. The first-order chi connectivity index (χ1) is 15.4. The number of hydrogen-bond acceptors (Lipinski definition) is 5. The standard InChI is InChI=1S/C24H37N5O3/c1-16(28-19-8-4-3-5-9-19)24(31)29-13-7-6-10-20(29)23(30)27-15-18-12-11-17(22(25)26)14-21(18)32-2/h11-12,14,16,19-20,28H,3-10,13,15H2,1-2H3,(H3,25,26)(H,27,30). The molecule has 3 rings (SSSR count). The second-order valence-corrected chi connectivity index (χ2v) is 8.92. The molecule has 2 atom stereocenters. The van der Waals surface area contributed by atoms with Crippen molar-refractivity contribution in [1.82, 2.24) is 15.5 Å². The largest absolute Gasteiger partial charge is 0.496 e. The van der Waals surface area contributed by atoms with E-state index < -0.39 is 6.04 Å². The van der Waals surface area contributed by atoms with Gasteiger partial charge >= 0.3 is 0 Å². The van der Waals surface area contributed by atoms with Crippen LogP contribution in [0.3, 0.4) is 0 Å². The van der Waals surface area contributed by atoms with Gasteiger partial charge in [0.25, 0.3) is 0 Å². The summed E-state index contributed by atoms with van der Waals surface area (Å²) in [6.07, 6.45) is 8.46. The molecule has 2 aliphatic rings. The summed E-state index contributed by atoms with van der Waals surface area (Å²) in [4.78, 5) is 28.0. The van der Waals surface area contributed by atoms with Crippen LogP contribution in [0.2, 0.25) is 0 Å². The second-order valence-electron chi connectivity index (χ2n) is 8.92. The molecule has 176 valence electrons. The Morgan fingerprint density at radius 3 is 2.59 bits per heavy atom. The molecule has 2 fully saturated rings. The number of carbonyl (C=O) groups excluding carboxylic acids is 2. The van der Waals surface area contributed by atoms with Gasteiger partial charge in [0, 0.05) is 30.3 Å². The Bertz CT molecular complexity index is 822. The molecule has 1 aliphatic carbocycles. The zero-order chi connectivity index (χ0) is 23.1. The van der Waals surface area contributed by atoms with Crippen LogP contribution in [0.1, 0.15) is 69.4 Å². The molecular formula is C24H37N5O3. The van der Waals surface area contributed by atoms with Gasteiger partial charge in [0.2, 0.25) is 11.8 Å². The predicted molar refractivity (Wildman–Crippen MR) is 125 cm³/mol. The van der Waals surface area contributed by atoms with Crippen molar-refractivity contribution in [2.75, 3.05) is 13.7 Å². The lowest BCUT2D eigenvalue weighted by Crippen LogP contribution is -2.57. The minimum atomic E-state index is -0.450. The summed E-state index contributed by atoms with van der Waals surface area (Å²) in [5.74, 6) is 0.408. The summed E-state index contributed by atoms with van der Waals surface area (Å²) in [5.41, 5.74) is 6.92. The van der Waals surface area contributed by atoms with E-state index in [9.17, 15) is 9.59 Å². The quantitative estimate of drug-likeness (QED) is 0.363. The molecule has 8 heteroatoms. The highest BCUT2D eigenvalue weighted by Gasteiger charge is 2.34. The molecule has 1 aromatic carbocycles. The topological polar surface area (TPSA) is 121 Å². The number of benzene rings is 1. The van der Waals surface area contributed by atoms with Crippen molar-refractivity contribution in [1.29, 1.82) is 5.41 Å². The Morgan fingerprint density at radius 1 is 1.19 bits per heavy atom. The number of methoxy groups -OCH3 is 1. The number of amidine groups is 1. The van der Waals surface area contributed by atoms with Gasteiger partial charge in [0.15, 0.2) is 0 Å². The van der Waals surface area contributed by atoms with Gasteiger partial charge in [-0.25, -0.2) is 0 Å². The first kappa shape index (κ1) is 24.0. The minimum Gasteiger partial charge on any atom is -0.496 e. The summed E-state index contributed by atoms with van der Waals surface area (Å²) >= 11 is 0. The maximum absolute atomic E-state index is 13.2. The van der Waals surface area contributed by atoms with Gasteiger partial charge in [-0.05, 0) is 45.1 Å². The van der Waals surface area contributed by atoms with Crippen LogP contribution in [0.15, 0.2) is 18.2 Å². The van der Waals surface area contributed by atoms with Crippen molar-refractivity contribution in [3.63, 3.8) is 0 Å². The van der Waals surface area contributed by atoms with E-state index in [0.717, 1.165) is 31.2 Å². The lowest BCUT2D eigenvalue weighted by Gasteiger charge is -2.37. The van der Waals surface area contributed by atoms with E-state index >= 15 is 0 Å². The number of piperidine rings is 1. The molecule has 1 aliphatic heterocycles. The molecule has 0 radical (unpaired) electrons. The maximum Gasteiger partial charge on any atom is 0.243 e. The van der Waals surface area contributed by atoms with E-state index in [-0.39, 0.29) is 30.2 Å². The van der Waals surface area contributed by atoms with Gasteiger partial charge in [-0.15, -0.1) is 0 Å². The summed E-state index contributed by atoms with van der Waals surface area (Å²) in [6.45, 7) is 2.82. The van der Waals surface area contributed by atoms with Crippen LogP contribution in [0, 0.1) is 5.41 Å². The van der Waals surface area contributed by atoms with Crippen LogP contribution in [-0.4, -0.2) is 54.3 Å². The molecule has 0 spiro atoms. The molecule has 1 saturated carbocycles. The Labute approximate surface area is 190 Å². The number of nitrogens with two attached hydrogens (primary N) is 1. The van der Waals surface area contributed by atoms with E-state index in [0.29, 0.717) is 30.3 Å². The Hall–Kier alpha value is -2.61. The van der Waals surface area contributed by atoms with Gasteiger partial charge in [0.05, 0.1) is 13.2 Å². The number of amides is 2. The van der Waals surface area contributed by atoms with Crippen molar-refractivity contribution in [2.24, 2.45) is 5.73 Å². The number of hydrogen-bond donors (Lipinski definition) is 4. The lowest BCUT2D eigenvalue weighted by molar-refractivity contribution is -0.143. The summed E-state index contributed by atoms with van der Waals surface area (Å²) in [7, 11) is 1.55. The lowest BCUT2D eigenvalue weighted by atomic mass is 9.94. The van der Waals surface area contributed by atoms with Gasteiger partial charge < -0.3 is 26.0 Å². The zero-order valence-electron chi connectivity index (χ0n) is 19.3. The van der Waals surface area contributed by atoms with Crippen LogP contribution < -0.4 is 21.1 Å². The van der Waals surface area contributed by atoms with E-state index in [1.165, 1.54) is 19.3 Å². The second kappa shape index (κ2) is 11.3. The average molecular weight is 444 g/mol. The number of nitrogens with one attached hydrogen (secondary N) is 3. The van der Waals surface area contributed by atoms with E-state index in [2.05, 4.69) is 10.6 Å². The SMILES string of the molecule is COc1cc(C(=N)N)ccc1CNC(=O)C1CCCCN1C(=O)C(C)NC1CCCCC1. The van der Waals surface area contributed by atoms with Crippen LogP contribution in [0.25, 0.3) is 0 Å². The highest BCUT2D eigenvalue weighted by atomic mass is 16.5. The van der Waals surface area contributed by atoms with Gasteiger partial charge in [0.1, 0.15) is 17.6 Å². The molecule has 0 aromatic heterocycles. The van der Waals surface area contributed by atoms with E-state index in [1.54, 1.807) is 30.2 Å². The van der Waals surface area contributed by atoms with Crippen molar-refractivity contribution in [3.8, 4) is 5.75 Å². The Kier molecular flexibility index (Phi) is 8.50. The normalized spacial score (nSPS) is 20.4. The molecule has 0 bridgehead atoms. The molecule has 1 saturated heterocycles. The number of rotatable bonds is 8. The number of nitrogens with zero attached hydrogens (tertiary/aromatic N) is 1. The van der Waals surface area contributed by atoms with Crippen molar-refractivity contribution in [3.05, 3.63) is 29.3 Å². The monoisotopic (exact) mass is 443 g/mol. The summed E-state index contributed by atoms with van der Waals surface area (Å²) < 4.78 is 5.40. The fourth-order valence-electron chi connectivity index (χ4n) is 4.77. The smallest absolute Gasteiger partial charge is 0.243 e. The highest BCUT2D eigenvalue weighted by Crippen LogP contribution is 2.23. The summed E-state index contributed by atoms with van der Waals surface area (Å²) in [5, 5.41) is 14.0. The number of likely N-dealkylation sites (tertiary alicyclic amines) is 1. The third-order valence-corrected chi connectivity index (χ3v) is 6.60. The fourth-order valence-corrected chi connectivity index (χ4v) is 4.77. The van der Waals surface area contributed by atoms with E-state index in [1.807, 2.05) is 6.92 Å². The molecule has 32 heavy (non-hydrogen) atoms. The molecule has 1 aromatic rings. The van der Waals surface area contributed by atoms with Crippen molar-refractivity contribution >= 4 is 17.6 Å². The van der Waals surface area contributed by atoms with Crippen LogP contribution in [-0.2, 0) is 16.1 Å². The third-order valence-electron chi connectivity index (χ3n) is 6.60. The van der Waals surface area contributed by atoms with Crippen molar-refractivity contribution < 1.29 is 14.3 Å². The zero-order valence-corrected chi connectivity index (χ0v) is 19.3. The van der Waals surface area contributed by atoms with Crippen LogP contribution in [0.5, 0.6) is 5.75 Å². The molecule has 5 N–H and O–H groups in total. The fraction of sp³-hybridized carbons (Fsp3) is 0.625. The number of nitrogen functional groups attached to an aromatic ring is 1. The molecular weight excluding hydrogens is 406 g/mol. The van der Waals surface area contributed by atoms with Crippen LogP contribution in [0.4, 0.5) is 0 Å². The maximum atomic E-state index is 13.2. The Morgan fingerprint density at radius 2 is 1.91 bits per heavy atom. The highest BCUT2D eigenvalue weighted by molar-refractivity contribution is 5.95. The summed E-state index contributed by atoms with van der Waals surface area (Å²) in [6, 6.07) is 4.89. The van der Waals surface area contributed by atoms with Gasteiger partial charge in [-0.2, -0.15) is 0 Å². The first-order valence-corrected chi connectivity index (χ1v) is 11.8. The Balaban J connectivity index is 1.61. The molecule has 2 amide bonds. The molecule has 8 nitrogen and oxygen atoms in total. The van der Waals surface area contributed by atoms with Crippen molar-refractivity contribution in [2.45, 2.75) is 83.0 Å². The number of carbonyl (C=O) groups is 2. The van der Waals surface area contributed by atoms with Gasteiger partial charge in [-0.1, -0.05) is 31.4 Å². The van der Waals surface area contributed by atoms with E-state index in [4.69, 9.17) is 15.9 Å².